The minimum Gasteiger partial charge on any atom is -0.441 e. The number of nitrogens with two attached hydrogens (primary N) is 1. The lowest BCUT2D eigenvalue weighted by Crippen LogP contribution is -2.47. The average Bonchev–Trinajstić information content (AvgIpc) is 2.78. The van der Waals surface area contributed by atoms with Crippen LogP contribution in [0.15, 0.2) is 53.4 Å². The lowest BCUT2D eigenvalue weighted by Gasteiger charge is -2.37. The van der Waals surface area contributed by atoms with Gasteiger partial charge in [0, 0.05) is 49.1 Å². The van der Waals surface area contributed by atoms with E-state index < -0.39 is 6.09 Å². The summed E-state index contributed by atoms with van der Waals surface area (Å²) in [5.41, 5.74) is 7.45. The molecule has 1 fully saturated rings. The highest BCUT2D eigenvalue weighted by Gasteiger charge is 2.22. The van der Waals surface area contributed by atoms with Crippen molar-refractivity contribution in [3.63, 3.8) is 0 Å². The van der Waals surface area contributed by atoms with Crippen molar-refractivity contribution in [2.45, 2.75) is 31.3 Å². The molecule has 2 aromatic rings. The summed E-state index contributed by atoms with van der Waals surface area (Å²) in [6, 6.07) is 15.8. The van der Waals surface area contributed by atoms with E-state index in [1.807, 2.05) is 50.2 Å². The van der Waals surface area contributed by atoms with E-state index in [0.717, 1.165) is 49.7 Å². The fourth-order valence-corrected chi connectivity index (χ4v) is 4.29. The maximum absolute atomic E-state index is 11.3. The van der Waals surface area contributed by atoms with Crippen molar-refractivity contribution in [1.29, 1.82) is 0 Å². The van der Waals surface area contributed by atoms with E-state index in [4.69, 9.17) is 22.1 Å². The average molecular weight is 450 g/mol. The van der Waals surface area contributed by atoms with Crippen molar-refractivity contribution in [1.82, 2.24) is 4.90 Å². The Morgan fingerprint density at radius 1 is 1.13 bits per heavy atom. The highest BCUT2D eigenvalue weighted by molar-refractivity contribution is 7.98. The molecule has 2 N–H and O–H groups in total. The van der Waals surface area contributed by atoms with Crippen LogP contribution in [0.1, 0.15) is 31.9 Å². The zero-order valence-corrected chi connectivity index (χ0v) is 19.6. The van der Waals surface area contributed by atoms with Crippen LogP contribution in [0.3, 0.4) is 0 Å². The van der Waals surface area contributed by atoms with Gasteiger partial charge in [0.05, 0.1) is 5.69 Å². The van der Waals surface area contributed by atoms with E-state index >= 15 is 0 Å². The van der Waals surface area contributed by atoms with E-state index in [-0.39, 0.29) is 6.10 Å². The molecule has 1 saturated heterocycles. The number of hydrogen-bond donors (Lipinski definition) is 1. The maximum Gasteiger partial charge on any atom is 0.405 e. The molecular weight excluding hydrogens is 418 g/mol. The number of rotatable bonds is 7. The van der Waals surface area contributed by atoms with Crippen LogP contribution in [0, 0.1) is 0 Å². The molecule has 0 saturated carbocycles. The fourth-order valence-electron chi connectivity index (χ4n) is 3.52. The molecule has 164 valence electrons. The van der Waals surface area contributed by atoms with Gasteiger partial charge in [-0.25, -0.2) is 4.79 Å². The zero-order chi connectivity index (χ0) is 21.9. The first kappa shape index (κ1) is 24.4. The Morgan fingerprint density at radius 2 is 1.80 bits per heavy atom. The van der Waals surface area contributed by atoms with Crippen LogP contribution >= 0.6 is 23.4 Å². The predicted octanol–water partition coefficient (Wildman–Crippen LogP) is 5.44. The van der Waals surface area contributed by atoms with Gasteiger partial charge in [-0.3, -0.25) is 4.90 Å². The predicted molar refractivity (Wildman–Crippen MR) is 128 cm³/mol. The first-order valence-electron chi connectivity index (χ1n) is 10.4. The number of anilines is 1. The van der Waals surface area contributed by atoms with Crippen LogP contribution in [-0.4, -0.2) is 50.0 Å². The summed E-state index contributed by atoms with van der Waals surface area (Å²) >= 11 is 7.95. The molecule has 0 bridgehead atoms. The number of hydrogen-bond acceptors (Lipinski definition) is 5. The molecule has 0 aromatic heterocycles. The number of thioether (sulfide) groups is 1. The lowest BCUT2D eigenvalue weighted by molar-refractivity contribution is 0.0910. The zero-order valence-electron chi connectivity index (χ0n) is 18.0. The first-order valence-corrected chi connectivity index (χ1v) is 12.0. The van der Waals surface area contributed by atoms with Gasteiger partial charge in [-0.2, -0.15) is 0 Å². The Morgan fingerprint density at radius 3 is 2.40 bits per heavy atom. The van der Waals surface area contributed by atoms with Gasteiger partial charge < -0.3 is 15.4 Å². The molecule has 1 heterocycles. The smallest absolute Gasteiger partial charge is 0.405 e. The van der Waals surface area contributed by atoms with Gasteiger partial charge in [-0.1, -0.05) is 55.8 Å². The first-order chi connectivity index (χ1) is 14.6. The summed E-state index contributed by atoms with van der Waals surface area (Å²) in [5.74, 6) is 0. The molecule has 7 heteroatoms. The van der Waals surface area contributed by atoms with Gasteiger partial charge in [-0.15, -0.1) is 11.8 Å². The van der Waals surface area contributed by atoms with E-state index in [9.17, 15) is 4.79 Å². The van der Waals surface area contributed by atoms with Crippen LogP contribution in [0.4, 0.5) is 10.5 Å². The summed E-state index contributed by atoms with van der Waals surface area (Å²) in [4.78, 5) is 17.3. The second-order valence-corrected chi connectivity index (χ2v) is 8.05. The second kappa shape index (κ2) is 12.7. The summed E-state index contributed by atoms with van der Waals surface area (Å²) in [5, 5.41) is 0.768. The van der Waals surface area contributed by atoms with E-state index in [1.54, 1.807) is 11.8 Å². The van der Waals surface area contributed by atoms with Gasteiger partial charge in [0.15, 0.2) is 0 Å². The summed E-state index contributed by atoms with van der Waals surface area (Å²) in [7, 11) is 0. The molecule has 2 aromatic carbocycles. The minimum absolute atomic E-state index is 0.312. The number of piperazine rings is 1. The fraction of sp³-hybridized carbons (Fsp3) is 0.435. The normalized spacial score (nSPS) is 15.1. The Hall–Kier alpha value is -1.89. The Bertz CT molecular complexity index is 783. The van der Waals surface area contributed by atoms with Crippen molar-refractivity contribution < 1.29 is 9.53 Å². The Kier molecular flexibility index (Phi) is 10.3. The molecule has 3 rings (SSSR count). The number of benzene rings is 2. The largest absolute Gasteiger partial charge is 0.441 e. The quantitative estimate of drug-likeness (QED) is 0.570. The molecular formula is C23H32ClN3O2S. The molecule has 1 aliphatic heterocycles. The molecule has 30 heavy (non-hydrogen) atoms. The molecule has 5 nitrogen and oxygen atoms in total. The summed E-state index contributed by atoms with van der Waals surface area (Å²) in [6.45, 7) is 8.66. The summed E-state index contributed by atoms with van der Waals surface area (Å²) in [6.07, 6.45) is 1.77. The van der Waals surface area contributed by atoms with Crippen LogP contribution in [0.5, 0.6) is 0 Å². The van der Waals surface area contributed by atoms with Crippen molar-refractivity contribution >= 4 is 35.1 Å². The van der Waals surface area contributed by atoms with Gasteiger partial charge >= 0.3 is 6.09 Å². The van der Waals surface area contributed by atoms with Crippen molar-refractivity contribution in [3.8, 4) is 0 Å². The number of ether oxygens (including phenoxy) is 1. The number of amides is 1. The second-order valence-electron chi connectivity index (χ2n) is 6.77. The van der Waals surface area contributed by atoms with Crippen molar-refractivity contribution in [2.24, 2.45) is 5.73 Å². The molecule has 1 unspecified atom stereocenters. The number of carbonyl (C=O) groups is 1. The third-order valence-electron chi connectivity index (χ3n) is 4.99. The monoisotopic (exact) mass is 449 g/mol. The molecule has 1 atom stereocenters. The van der Waals surface area contributed by atoms with Gasteiger partial charge in [0.2, 0.25) is 0 Å². The topological polar surface area (TPSA) is 58.8 Å². The molecule has 0 aliphatic carbocycles. The van der Waals surface area contributed by atoms with E-state index in [1.165, 1.54) is 10.6 Å². The number of halogens is 1. The Labute approximate surface area is 189 Å². The number of carbonyl (C=O) groups excluding carboxylic acids is 1. The number of primary amides is 1. The van der Waals surface area contributed by atoms with Gasteiger partial charge in [0.1, 0.15) is 6.10 Å². The van der Waals surface area contributed by atoms with Crippen LogP contribution < -0.4 is 10.6 Å². The Balaban J connectivity index is 0.00000155. The third kappa shape index (κ3) is 7.11. The molecule has 1 aliphatic rings. The lowest BCUT2D eigenvalue weighted by atomic mass is 10.1. The van der Waals surface area contributed by atoms with Crippen LogP contribution in [0.2, 0.25) is 5.02 Å². The highest BCUT2D eigenvalue weighted by Crippen LogP contribution is 2.32. The molecule has 1 amide bonds. The van der Waals surface area contributed by atoms with Crippen molar-refractivity contribution in [2.75, 3.05) is 43.9 Å². The van der Waals surface area contributed by atoms with Crippen LogP contribution in [-0.2, 0) is 4.74 Å². The molecule has 0 spiro atoms. The summed E-state index contributed by atoms with van der Waals surface area (Å²) < 4.78 is 5.35. The standard InChI is InChI=1S/C21H26ClN3O2S.C2H6/c1-28-20-8-7-17(22)15-18(20)25-13-11-24(12-14-25)10-9-19(27-21(23)26)16-5-3-2-4-6-16;1-2/h2-8,15,19H,9-14H2,1H3,(H2,23,26);1-2H3. The minimum atomic E-state index is -0.732. The maximum atomic E-state index is 11.3. The van der Waals surface area contributed by atoms with E-state index in [0.29, 0.717) is 0 Å². The van der Waals surface area contributed by atoms with Crippen LogP contribution in [0.25, 0.3) is 0 Å². The third-order valence-corrected chi connectivity index (χ3v) is 6.01. The number of nitrogens with zero attached hydrogens (tertiary/aromatic N) is 2. The highest BCUT2D eigenvalue weighted by atomic mass is 35.5. The van der Waals surface area contributed by atoms with Gasteiger partial charge in [0.25, 0.3) is 0 Å². The van der Waals surface area contributed by atoms with Gasteiger partial charge in [-0.05, 0) is 30.0 Å². The SMILES string of the molecule is CC.CSc1ccc(Cl)cc1N1CCN(CCC(OC(N)=O)c2ccccc2)CC1. The van der Waals surface area contributed by atoms with E-state index in [2.05, 4.69) is 28.2 Å². The molecule has 0 radical (unpaired) electrons. The van der Waals surface area contributed by atoms with Crippen molar-refractivity contribution in [3.05, 3.63) is 59.1 Å².